The Morgan fingerprint density at radius 2 is 1.95 bits per heavy atom. The number of nitrogens with one attached hydrogen (secondary N) is 1. The van der Waals surface area contributed by atoms with E-state index in [0.717, 1.165) is 13.0 Å². The van der Waals surface area contributed by atoms with Crippen molar-refractivity contribution in [3.05, 3.63) is 70.8 Å². The highest BCUT2D eigenvalue weighted by Crippen LogP contribution is 2.37. The Bertz CT molecular complexity index is 602. The summed E-state index contributed by atoms with van der Waals surface area (Å²) < 4.78 is 0. The Morgan fingerprint density at radius 1 is 1.10 bits per heavy atom. The van der Waals surface area contributed by atoms with Crippen LogP contribution in [0.4, 0.5) is 0 Å². The SMILES string of the molecule is CCCNC1c2ccccc2CC1Cc1cccc(C)c1. The molecule has 1 aliphatic rings. The maximum Gasteiger partial charge on any atom is 0.0357 e. The maximum absolute atomic E-state index is 3.77. The smallest absolute Gasteiger partial charge is 0.0357 e. The third-order valence-electron chi connectivity index (χ3n) is 4.54. The zero-order chi connectivity index (χ0) is 14.7. The van der Waals surface area contributed by atoms with Gasteiger partial charge in [-0.05, 0) is 55.3 Å². The first-order valence-corrected chi connectivity index (χ1v) is 8.14. The predicted molar refractivity (Wildman–Crippen MR) is 89.6 cm³/mol. The lowest BCUT2D eigenvalue weighted by molar-refractivity contribution is 0.387. The second-order valence-electron chi connectivity index (χ2n) is 6.29. The lowest BCUT2D eigenvalue weighted by atomic mass is 9.92. The maximum atomic E-state index is 3.77. The van der Waals surface area contributed by atoms with Crippen molar-refractivity contribution in [3.8, 4) is 0 Å². The van der Waals surface area contributed by atoms with Gasteiger partial charge in [0.1, 0.15) is 0 Å². The van der Waals surface area contributed by atoms with Crippen molar-refractivity contribution >= 4 is 0 Å². The summed E-state index contributed by atoms with van der Waals surface area (Å²) in [6.07, 6.45) is 3.55. The largest absolute Gasteiger partial charge is 0.310 e. The third-order valence-corrected chi connectivity index (χ3v) is 4.54. The van der Waals surface area contributed by atoms with E-state index in [9.17, 15) is 0 Å². The van der Waals surface area contributed by atoms with Crippen LogP contribution in [0.2, 0.25) is 0 Å². The molecule has 2 aromatic rings. The van der Waals surface area contributed by atoms with Gasteiger partial charge in [0.05, 0.1) is 0 Å². The van der Waals surface area contributed by atoms with Crippen LogP contribution in [0, 0.1) is 12.8 Å². The molecule has 110 valence electrons. The molecule has 2 atom stereocenters. The third kappa shape index (κ3) is 3.19. The number of hydrogen-bond acceptors (Lipinski definition) is 1. The molecule has 0 aromatic heterocycles. The van der Waals surface area contributed by atoms with E-state index in [1.54, 1.807) is 0 Å². The number of aryl methyl sites for hydroxylation is 1. The molecule has 2 unspecified atom stereocenters. The van der Waals surface area contributed by atoms with Gasteiger partial charge < -0.3 is 5.32 Å². The summed E-state index contributed by atoms with van der Waals surface area (Å²) in [7, 11) is 0. The lowest BCUT2D eigenvalue weighted by Gasteiger charge is -2.22. The van der Waals surface area contributed by atoms with Gasteiger partial charge in [0, 0.05) is 6.04 Å². The highest BCUT2D eigenvalue weighted by molar-refractivity contribution is 5.37. The van der Waals surface area contributed by atoms with E-state index in [2.05, 4.69) is 67.7 Å². The Kier molecular flexibility index (Phi) is 4.40. The second kappa shape index (κ2) is 6.44. The van der Waals surface area contributed by atoms with Crippen LogP contribution < -0.4 is 5.32 Å². The van der Waals surface area contributed by atoms with Gasteiger partial charge >= 0.3 is 0 Å². The zero-order valence-corrected chi connectivity index (χ0v) is 13.1. The van der Waals surface area contributed by atoms with E-state index in [1.807, 2.05) is 0 Å². The zero-order valence-electron chi connectivity index (χ0n) is 13.1. The molecule has 0 radical (unpaired) electrons. The van der Waals surface area contributed by atoms with Gasteiger partial charge in [0.25, 0.3) is 0 Å². The molecule has 1 heteroatoms. The molecule has 0 fully saturated rings. The van der Waals surface area contributed by atoms with Crippen LogP contribution in [0.25, 0.3) is 0 Å². The fraction of sp³-hybridized carbons (Fsp3) is 0.400. The van der Waals surface area contributed by atoms with E-state index in [-0.39, 0.29) is 0 Å². The van der Waals surface area contributed by atoms with Crippen molar-refractivity contribution in [3.63, 3.8) is 0 Å². The van der Waals surface area contributed by atoms with E-state index in [0.29, 0.717) is 12.0 Å². The molecule has 2 aromatic carbocycles. The normalized spacial score (nSPS) is 20.5. The molecule has 21 heavy (non-hydrogen) atoms. The van der Waals surface area contributed by atoms with E-state index >= 15 is 0 Å². The summed E-state index contributed by atoms with van der Waals surface area (Å²) in [6, 6.07) is 18.4. The van der Waals surface area contributed by atoms with Crippen molar-refractivity contribution in [2.24, 2.45) is 5.92 Å². The van der Waals surface area contributed by atoms with Crippen LogP contribution >= 0.6 is 0 Å². The van der Waals surface area contributed by atoms with Crippen molar-refractivity contribution in [1.29, 1.82) is 0 Å². The van der Waals surface area contributed by atoms with Crippen LogP contribution in [0.5, 0.6) is 0 Å². The lowest BCUT2D eigenvalue weighted by Crippen LogP contribution is -2.27. The van der Waals surface area contributed by atoms with Gasteiger partial charge in [0.15, 0.2) is 0 Å². The minimum Gasteiger partial charge on any atom is -0.310 e. The summed E-state index contributed by atoms with van der Waals surface area (Å²) in [5.41, 5.74) is 5.88. The Morgan fingerprint density at radius 3 is 2.76 bits per heavy atom. The molecule has 1 aliphatic carbocycles. The average Bonchev–Trinajstić information content (AvgIpc) is 2.82. The molecule has 1 nitrogen and oxygen atoms in total. The Balaban J connectivity index is 1.81. The molecule has 0 saturated carbocycles. The summed E-state index contributed by atoms with van der Waals surface area (Å²) in [5, 5.41) is 3.77. The van der Waals surface area contributed by atoms with Crippen molar-refractivity contribution in [1.82, 2.24) is 5.32 Å². The Labute approximate surface area is 128 Å². The van der Waals surface area contributed by atoms with Crippen molar-refractivity contribution < 1.29 is 0 Å². The van der Waals surface area contributed by atoms with E-state index in [4.69, 9.17) is 0 Å². The number of hydrogen-bond donors (Lipinski definition) is 1. The summed E-state index contributed by atoms with van der Waals surface area (Å²) in [4.78, 5) is 0. The molecule has 1 N–H and O–H groups in total. The molecule has 0 bridgehead atoms. The van der Waals surface area contributed by atoms with Crippen LogP contribution in [-0.4, -0.2) is 6.54 Å². The number of benzene rings is 2. The van der Waals surface area contributed by atoms with E-state index < -0.39 is 0 Å². The summed E-state index contributed by atoms with van der Waals surface area (Å²) in [5.74, 6) is 0.677. The van der Waals surface area contributed by atoms with Gasteiger partial charge in [-0.25, -0.2) is 0 Å². The fourth-order valence-electron chi connectivity index (χ4n) is 3.59. The minimum atomic E-state index is 0.515. The first kappa shape index (κ1) is 14.3. The highest BCUT2D eigenvalue weighted by Gasteiger charge is 2.31. The van der Waals surface area contributed by atoms with Gasteiger partial charge in [-0.15, -0.1) is 0 Å². The van der Waals surface area contributed by atoms with Crippen LogP contribution in [0.3, 0.4) is 0 Å². The number of fused-ring (bicyclic) bond motifs is 1. The van der Waals surface area contributed by atoms with Crippen LogP contribution in [0.15, 0.2) is 48.5 Å². The van der Waals surface area contributed by atoms with Crippen LogP contribution in [0.1, 0.15) is 41.6 Å². The first-order valence-electron chi connectivity index (χ1n) is 8.14. The van der Waals surface area contributed by atoms with Crippen molar-refractivity contribution in [2.45, 2.75) is 39.2 Å². The summed E-state index contributed by atoms with van der Waals surface area (Å²) in [6.45, 7) is 5.52. The molecule has 0 aliphatic heterocycles. The molecule has 0 heterocycles. The number of rotatable bonds is 5. The fourth-order valence-corrected chi connectivity index (χ4v) is 3.59. The van der Waals surface area contributed by atoms with Gasteiger partial charge in [0.2, 0.25) is 0 Å². The molecule has 0 spiro atoms. The predicted octanol–water partition coefficient (Wildman–Crippen LogP) is 4.45. The topological polar surface area (TPSA) is 12.0 Å². The molecular weight excluding hydrogens is 254 g/mol. The van der Waals surface area contributed by atoms with Gasteiger partial charge in [-0.1, -0.05) is 61.0 Å². The summed E-state index contributed by atoms with van der Waals surface area (Å²) >= 11 is 0. The van der Waals surface area contributed by atoms with Gasteiger partial charge in [-0.2, -0.15) is 0 Å². The quantitative estimate of drug-likeness (QED) is 0.852. The Hall–Kier alpha value is -1.60. The molecule has 0 amide bonds. The average molecular weight is 279 g/mol. The first-order chi connectivity index (χ1) is 10.3. The van der Waals surface area contributed by atoms with E-state index in [1.165, 1.54) is 35.1 Å². The highest BCUT2D eigenvalue weighted by atomic mass is 14.9. The molecular formula is C20H25N. The minimum absolute atomic E-state index is 0.515. The molecule has 0 saturated heterocycles. The second-order valence-corrected chi connectivity index (χ2v) is 6.29. The molecule has 3 rings (SSSR count). The van der Waals surface area contributed by atoms with Gasteiger partial charge in [-0.3, -0.25) is 0 Å². The van der Waals surface area contributed by atoms with Crippen molar-refractivity contribution in [2.75, 3.05) is 6.54 Å². The monoisotopic (exact) mass is 279 g/mol. The van der Waals surface area contributed by atoms with Crippen LogP contribution in [-0.2, 0) is 12.8 Å². The standard InChI is InChI=1S/C20H25N/c1-3-11-21-20-18(13-16-8-6-7-15(2)12-16)14-17-9-4-5-10-19(17)20/h4-10,12,18,20-21H,3,11,13-14H2,1-2H3.